The summed E-state index contributed by atoms with van der Waals surface area (Å²) in [4.78, 5) is 12.2. The predicted molar refractivity (Wildman–Crippen MR) is 93.9 cm³/mol. The number of benzene rings is 2. The lowest BCUT2D eigenvalue weighted by Crippen LogP contribution is -2.13. The number of hydrogen-bond acceptors (Lipinski definition) is 2. The number of ether oxygens (including phenoxy) is 1. The minimum atomic E-state index is -0.101. The van der Waals surface area contributed by atoms with Crippen LogP contribution in [0.5, 0.6) is 5.75 Å². The maximum atomic E-state index is 12.2. The van der Waals surface area contributed by atoms with Crippen LogP contribution in [0.1, 0.15) is 30.6 Å². The van der Waals surface area contributed by atoms with Crippen molar-refractivity contribution in [2.45, 2.75) is 26.4 Å². The van der Waals surface area contributed by atoms with E-state index in [0.717, 1.165) is 21.4 Å². The van der Waals surface area contributed by atoms with E-state index in [4.69, 9.17) is 4.74 Å². The Bertz CT molecular complexity index is 610. The molecule has 2 aromatic carbocycles. The molecule has 0 fully saturated rings. The van der Waals surface area contributed by atoms with E-state index < -0.39 is 0 Å². The van der Waals surface area contributed by atoms with E-state index in [1.54, 1.807) is 0 Å². The zero-order chi connectivity index (χ0) is 15.2. The molecule has 0 aliphatic carbocycles. The maximum Gasteiger partial charge on any atom is 0.256 e. The summed E-state index contributed by atoms with van der Waals surface area (Å²) < 4.78 is 6.65. The third kappa shape index (κ3) is 4.46. The summed E-state index contributed by atoms with van der Waals surface area (Å²) in [7, 11) is 0. The molecule has 0 bridgehead atoms. The van der Waals surface area contributed by atoms with Gasteiger partial charge in [0.2, 0.25) is 0 Å². The maximum absolute atomic E-state index is 12.2. The Balaban J connectivity index is 2.03. The molecule has 2 aromatic rings. The van der Waals surface area contributed by atoms with Gasteiger partial charge in [-0.25, -0.2) is 0 Å². The summed E-state index contributed by atoms with van der Waals surface area (Å²) in [6.45, 7) is 4.12. The number of carbonyl (C=O) groups excluding carboxylic acids is 1. The second-order valence-electron chi connectivity index (χ2n) is 4.80. The van der Waals surface area contributed by atoms with Crippen LogP contribution in [0.25, 0.3) is 0 Å². The minimum absolute atomic E-state index is 0.101. The van der Waals surface area contributed by atoms with Gasteiger partial charge in [-0.1, -0.05) is 19.1 Å². The molecule has 0 saturated carbocycles. The Morgan fingerprint density at radius 1 is 1.19 bits per heavy atom. The lowest BCUT2D eigenvalue weighted by atomic mass is 10.2. The Morgan fingerprint density at radius 2 is 1.86 bits per heavy atom. The highest BCUT2D eigenvalue weighted by Gasteiger charge is 2.09. The van der Waals surface area contributed by atoms with Gasteiger partial charge < -0.3 is 10.1 Å². The van der Waals surface area contributed by atoms with E-state index in [-0.39, 0.29) is 12.0 Å². The summed E-state index contributed by atoms with van der Waals surface area (Å²) in [5, 5.41) is 2.89. The molecule has 1 N–H and O–H groups in total. The topological polar surface area (TPSA) is 38.3 Å². The third-order valence-electron chi connectivity index (χ3n) is 3.14. The van der Waals surface area contributed by atoms with Crippen LogP contribution in [-0.4, -0.2) is 12.0 Å². The lowest BCUT2D eigenvalue weighted by molar-refractivity contribution is 0.102. The van der Waals surface area contributed by atoms with E-state index in [2.05, 4.69) is 34.8 Å². The number of carbonyl (C=O) groups is 1. The number of halogens is 1. The Hall–Kier alpha value is -1.56. The average Bonchev–Trinajstić information content (AvgIpc) is 2.49. The minimum Gasteiger partial charge on any atom is -0.491 e. The number of hydrogen-bond donors (Lipinski definition) is 1. The van der Waals surface area contributed by atoms with Crippen LogP contribution in [-0.2, 0) is 0 Å². The molecular weight excluding hydrogens is 377 g/mol. The quantitative estimate of drug-likeness (QED) is 0.744. The Kier molecular flexibility index (Phi) is 5.61. The molecule has 1 amide bonds. The number of amides is 1. The van der Waals surface area contributed by atoms with E-state index in [0.29, 0.717) is 5.56 Å². The highest BCUT2D eigenvalue weighted by Crippen LogP contribution is 2.19. The van der Waals surface area contributed by atoms with Crippen molar-refractivity contribution < 1.29 is 9.53 Å². The highest BCUT2D eigenvalue weighted by atomic mass is 127. The van der Waals surface area contributed by atoms with Crippen molar-refractivity contribution in [1.82, 2.24) is 0 Å². The van der Waals surface area contributed by atoms with Crippen LogP contribution in [0.15, 0.2) is 48.5 Å². The Morgan fingerprint density at radius 3 is 2.48 bits per heavy atom. The number of rotatable bonds is 5. The van der Waals surface area contributed by atoms with Gasteiger partial charge in [0.25, 0.3) is 5.91 Å². The molecule has 3 nitrogen and oxygen atoms in total. The smallest absolute Gasteiger partial charge is 0.256 e. The first kappa shape index (κ1) is 15.8. The van der Waals surface area contributed by atoms with E-state index >= 15 is 0 Å². The lowest BCUT2D eigenvalue weighted by Gasteiger charge is -2.13. The van der Waals surface area contributed by atoms with Crippen LogP contribution >= 0.6 is 22.6 Å². The van der Waals surface area contributed by atoms with Gasteiger partial charge in [0.1, 0.15) is 5.75 Å². The van der Waals surface area contributed by atoms with E-state index in [1.165, 1.54) is 0 Å². The van der Waals surface area contributed by atoms with Gasteiger partial charge in [0, 0.05) is 9.26 Å². The molecule has 0 aliphatic heterocycles. The fraction of sp³-hybridized carbons (Fsp3) is 0.235. The number of nitrogens with one attached hydrogen (secondary N) is 1. The van der Waals surface area contributed by atoms with Crippen molar-refractivity contribution in [3.05, 3.63) is 57.7 Å². The second kappa shape index (κ2) is 7.45. The monoisotopic (exact) mass is 395 g/mol. The van der Waals surface area contributed by atoms with Gasteiger partial charge in [-0.15, -0.1) is 0 Å². The molecule has 2 rings (SSSR count). The largest absolute Gasteiger partial charge is 0.491 e. The van der Waals surface area contributed by atoms with Crippen molar-refractivity contribution in [3.63, 3.8) is 0 Å². The van der Waals surface area contributed by atoms with Gasteiger partial charge in [0.15, 0.2) is 0 Å². The van der Waals surface area contributed by atoms with Gasteiger partial charge in [-0.05, 0) is 72.3 Å². The second-order valence-corrected chi connectivity index (χ2v) is 5.96. The van der Waals surface area contributed by atoms with Crippen LogP contribution in [0.4, 0.5) is 5.69 Å². The molecule has 0 heterocycles. The third-order valence-corrected chi connectivity index (χ3v) is 4.08. The first-order chi connectivity index (χ1) is 10.1. The SMILES string of the molecule is CCC(C)Oc1ccc(NC(=O)c2ccccc2I)cc1. The number of anilines is 1. The molecule has 4 heteroatoms. The Labute approximate surface area is 138 Å². The molecule has 110 valence electrons. The zero-order valence-electron chi connectivity index (χ0n) is 12.1. The molecule has 0 aromatic heterocycles. The van der Waals surface area contributed by atoms with Crippen LogP contribution in [0.2, 0.25) is 0 Å². The predicted octanol–water partition coefficient (Wildman–Crippen LogP) is 4.72. The summed E-state index contributed by atoms with van der Waals surface area (Å²) in [5.41, 5.74) is 1.44. The van der Waals surface area contributed by atoms with Crippen molar-refractivity contribution in [1.29, 1.82) is 0 Å². The summed E-state index contributed by atoms with van der Waals surface area (Å²) >= 11 is 2.16. The average molecular weight is 395 g/mol. The van der Waals surface area contributed by atoms with Crippen molar-refractivity contribution in [3.8, 4) is 5.75 Å². The zero-order valence-corrected chi connectivity index (χ0v) is 14.3. The molecule has 1 atom stereocenters. The van der Waals surface area contributed by atoms with E-state index in [9.17, 15) is 4.79 Å². The van der Waals surface area contributed by atoms with Gasteiger partial charge in [0.05, 0.1) is 11.7 Å². The molecule has 0 aliphatic rings. The first-order valence-electron chi connectivity index (χ1n) is 6.92. The van der Waals surface area contributed by atoms with Crippen molar-refractivity contribution >= 4 is 34.2 Å². The summed E-state index contributed by atoms with van der Waals surface area (Å²) in [6, 6.07) is 15.0. The van der Waals surface area contributed by atoms with E-state index in [1.807, 2.05) is 55.5 Å². The fourth-order valence-electron chi connectivity index (χ4n) is 1.78. The molecule has 0 spiro atoms. The molecular formula is C17H18INO2. The fourth-order valence-corrected chi connectivity index (χ4v) is 2.41. The normalized spacial score (nSPS) is 11.8. The molecule has 1 unspecified atom stereocenters. The van der Waals surface area contributed by atoms with Crippen LogP contribution in [0, 0.1) is 3.57 Å². The van der Waals surface area contributed by atoms with Crippen molar-refractivity contribution in [2.75, 3.05) is 5.32 Å². The molecule has 0 radical (unpaired) electrons. The van der Waals surface area contributed by atoms with Crippen molar-refractivity contribution in [2.24, 2.45) is 0 Å². The van der Waals surface area contributed by atoms with Gasteiger partial charge in [-0.2, -0.15) is 0 Å². The highest BCUT2D eigenvalue weighted by molar-refractivity contribution is 14.1. The van der Waals surface area contributed by atoms with Crippen LogP contribution in [0.3, 0.4) is 0 Å². The van der Waals surface area contributed by atoms with Crippen LogP contribution < -0.4 is 10.1 Å². The first-order valence-corrected chi connectivity index (χ1v) is 8.00. The molecule has 21 heavy (non-hydrogen) atoms. The summed E-state index contributed by atoms with van der Waals surface area (Å²) in [5.74, 6) is 0.715. The molecule has 0 saturated heterocycles. The van der Waals surface area contributed by atoms with Gasteiger partial charge in [-0.3, -0.25) is 4.79 Å². The van der Waals surface area contributed by atoms with Gasteiger partial charge >= 0.3 is 0 Å². The standard InChI is InChI=1S/C17H18INO2/c1-3-12(2)21-14-10-8-13(9-11-14)19-17(20)15-6-4-5-7-16(15)18/h4-12H,3H2,1-2H3,(H,19,20). The summed E-state index contributed by atoms with van der Waals surface area (Å²) in [6.07, 6.45) is 1.15.